The Hall–Kier alpha value is -2.70. The van der Waals surface area contributed by atoms with Gasteiger partial charge in [-0.05, 0) is 30.3 Å². The number of pyridine rings is 1. The molecule has 5 nitrogen and oxygen atoms in total. The molecule has 0 saturated carbocycles. The van der Waals surface area contributed by atoms with Gasteiger partial charge in [-0.1, -0.05) is 11.6 Å². The van der Waals surface area contributed by atoms with E-state index in [-0.39, 0.29) is 5.91 Å². The molecule has 3 heterocycles. The number of aromatic amines is 1. The van der Waals surface area contributed by atoms with Gasteiger partial charge < -0.3 is 10.3 Å². The van der Waals surface area contributed by atoms with E-state index in [9.17, 15) is 4.79 Å². The highest BCUT2D eigenvalue weighted by Gasteiger charge is 2.12. The second kappa shape index (κ2) is 6.07. The van der Waals surface area contributed by atoms with E-state index in [1.165, 1.54) is 11.3 Å². The first-order valence-corrected chi connectivity index (χ1v) is 8.46. The third-order valence-corrected chi connectivity index (χ3v) is 4.74. The number of hydrogen-bond acceptors (Lipinski definition) is 4. The molecule has 7 heteroatoms. The lowest BCUT2D eigenvalue weighted by Crippen LogP contribution is -2.11. The van der Waals surface area contributed by atoms with Crippen molar-refractivity contribution in [3.8, 4) is 11.4 Å². The van der Waals surface area contributed by atoms with E-state index in [0.29, 0.717) is 16.3 Å². The minimum atomic E-state index is -0.227. The van der Waals surface area contributed by atoms with Crippen molar-refractivity contribution < 1.29 is 4.79 Å². The number of nitrogens with one attached hydrogen (secondary N) is 2. The molecule has 4 aromatic rings. The van der Waals surface area contributed by atoms with Crippen molar-refractivity contribution in [3.05, 3.63) is 64.1 Å². The van der Waals surface area contributed by atoms with Gasteiger partial charge in [0, 0.05) is 34.4 Å². The van der Waals surface area contributed by atoms with Crippen LogP contribution in [0.15, 0.2) is 53.5 Å². The zero-order valence-corrected chi connectivity index (χ0v) is 13.9. The number of imidazole rings is 1. The van der Waals surface area contributed by atoms with Gasteiger partial charge in [0.05, 0.1) is 21.6 Å². The number of anilines is 1. The maximum absolute atomic E-state index is 12.2. The Labute approximate surface area is 146 Å². The fraction of sp³-hybridized carbons (Fsp3) is 0. The van der Waals surface area contributed by atoms with Crippen LogP contribution in [0, 0.1) is 0 Å². The summed E-state index contributed by atoms with van der Waals surface area (Å²) < 4.78 is 0. The van der Waals surface area contributed by atoms with E-state index in [1.807, 2.05) is 30.3 Å². The average molecular weight is 355 g/mol. The molecular formula is C17H11ClN4OS. The maximum atomic E-state index is 12.2. The van der Waals surface area contributed by atoms with Crippen LogP contribution in [0.1, 0.15) is 10.4 Å². The molecule has 3 aromatic heterocycles. The number of rotatable bonds is 3. The standard InChI is InChI=1S/C17H11ClN4OS/c18-13-9-24-8-12(13)17(23)20-11-1-2-14-15(7-11)22-16(21-14)10-3-5-19-6-4-10/h1-9H,(H,20,23)(H,21,22). The van der Waals surface area contributed by atoms with Crippen molar-refractivity contribution in [3.63, 3.8) is 0 Å². The summed E-state index contributed by atoms with van der Waals surface area (Å²) in [5.74, 6) is 0.534. The van der Waals surface area contributed by atoms with Gasteiger partial charge in [-0.25, -0.2) is 4.98 Å². The number of hydrogen-bond donors (Lipinski definition) is 2. The number of halogens is 1. The van der Waals surface area contributed by atoms with Crippen LogP contribution in [0.25, 0.3) is 22.4 Å². The van der Waals surface area contributed by atoms with E-state index in [2.05, 4.69) is 20.3 Å². The second-order valence-electron chi connectivity index (χ2n) is 5.14. The predicted octanol–water partition coefficient (Wildman–Crippen LogP) is 4.59. The van der Waals surface area contributed by atoms with Gasteiger partial charge in [-0.3, -0.25) is 9.78 Å². The van der Waals surface area contributed by atoms with Gasteiger partial charge in [0.2, 0.25) is 0 Å². The van der Waals surface area contributed by atoms with E-state index in [4.69, 9.17) is 11.6 Å². The zero-order valence-electron chi connectivity index (χ0n) is 12.3. The predicted molar refractivity (Wildman–Crippen MR) is 96.6 cm³/mol. The number of aromatic nitrogens is 3. The summed E-state index contributed by atoms with van der Waals surface area (Å²) in [5, 5.41) is 6.77. The van der Waals surface area contributed by atoms with Crippen LogP contribution >= 0.6 is 22.9 Å². The van der Waals surface area contributed by atoms with Crippen LogP contribution in [-0.4, -0.2) is 20.9 Å². The molecule has 0 unspecified atom stereocenters. The highest BCUT2D eigenvalue weighted by Crippen LogP contribution is 2.24. The highest BCUT2D eigenvalue weighted by atomic mass is 35.5. The quantitative estimate of drug-likeness (QED) is 0.565. The van der Waals surface area contributed by atoms with Gasteiger partial charge in [-0.15, -0.1) is 11.3 Å². The highest BCUT2D eigenvalue weighted by molar-refractivity contribution is 7.08. The van der Waals surface area contributed by atoms with Crippen molar-refractivity contribution >= 4 is 45.6 Å². The Morgan fingerprint density at radius 2 is 2.00 bits per heavy atom. The van der Waals surface area contributed by atoms with Crippen LogP contribution in [0.5, 0.6) is 0 Å². The largest absolute Gasteiger partial charge is 0.338 e. The van der Waals surface area contributed by atoms with Gasteiger partial charge >= 0.3 is 0 Å². The van der Waals surface area contributed by atoms with Gasteiger partial charge in [0.1, 0.15) is 5.82 Å². The lowest BCUT2D eigenvalue weighted by molar-refractivity contribution is 0.102. The Kier molecular flexibility index (Phi) is 3.76. The van der Waals surface area contributed by atoms with E-state index >= 15 is 0 Å². The van der Waals surface area contributed by atoms with Gasteiger partial charge in [-0.2, -0.15) is 0 Å². The maximum Gasteiger partial charge on any atom is 0.258 e. The normalized spacial score (nSPS) is 10.9. The van der Waals surface area contributed by atoms with Crippen LogP contribution in [0.2, 0.25) is 5.02 Å². The molecule has 1 amide bonds. The topological polar surface area (TPSA) is 70.7 Å². The molecule has 24 heavy (non-hydrogen) atoms. The lowest BCUT2D eigenvalue weighted by atomic mass is 10.2. The number of H-pyrrole nitrogens is 1. The number of amides is 1. The molecule has 0 atom stereocenters. The molecule has 0 aliphatic carbocycles. The molecule has 2 N–H and O–H groups in total. The number of fused-ring (bicyclic) bond motifs is 1. The first-order chi connectivity index (χ1) is 11.7. The molecule has 0 aliphatic heterocycles. The Morgan fingerprint density at radius 3 is 2.75 bits per heavy atom. The van der Waals surface area contributed by atoms with Crippen molar-refractivity contribution in [2.24, 2.45) is 0 Å². The lowest BCUT2D eigenvalue weighted by Gasteiger charge is -2.04. The molecule has 0 fully saturated rings. The molecule has 1 aromatic carbocycles. The summed E-state index contributed by atoms with van der Waals surface area (Å²) in [4.78, 5) is 24.1. The van der Waals surface area contributed by atoms with Crippen molar-refractivity contribution in [1.82, 2.24) is 15.0 Å². The van der Waals surface area contributed by atoms with Gasteiger partial charge in [0.25, 0.3) is 5.91 Å². The van der Waals surface area contributed by atoms with Crippen LogP contribution in [0.4, 0.5) is 5.69 Å². The molecular weight excluding hydrogens is 344 g/mol. The van der Waals surface area contributed by atoms with E-state index in [1.54, 1.807) is 23.2 Å². The van der Waals surface area contributed by atoms with Crippen molar-refractivity contribution in [2.45, 2.75) is 0 Å². The van der Waals surface area contributed by atoms with Crippen molar-refractivity contribution in [2.75, 3.05) is 5.32 Å². The second-order valence-corrected chi connectivity index (χ2v) is 6.29. The number of benzene rings is 1. The molecule has 0 spiro atoms. The van der Waals surface area contributed by atoms with Gasteiger partial charge in [0.15, 0.2) is 0 Å². The minimum Gasteiger partial charge on any atom is -0.338 e. The smallest absolute Gasteiger partial charge is 0.258 e. The summed E-state index contributed by atoms with van der Waals surface area (Å²) in [6.07, 6.45) is 3.44. The molecule has 0 saturated heterocycles. The average Bonchev–Trinajstić information content (AvgIpc) is 3.21. The molecule has 4 rings (SSSR count). The van der Waals surface area contributed by atoms with Crippen molar-refractivity contribution in [1.29, 1.82) is 0 Å². The fourth-order valence-corrected chi connectivity index (χ4v) is 3.42. The monoisotopic (exact) mass is 354 g/mol. The summed E-state index contributed by atoms with van der Waals surface area (Å²) in [6.45, 7) is 0. The molecule has 0 radical (unpaired) electrons. The number of thiophene rings is 1. The number of carbonyl (C=O) groups excluding carboxylic acids is 1. The third-order valence-electron chi connectivity index (χ3n) is 3.55. The molecule has 0 bridgehead atoms. The Bertz CT molecular complexity index is 1030. The number of nitrogens with zero attached hydrogens (tertiary/aromatic N) is 2. The number of carbonyl (C=O) groups is 1. The summed E-state index contributed by atoms with van der Waals surface area (Å²) in [7, 11) is 0. The Morgan fingerprint density at radius 1 is 1.17 bits per heavy atom. The van der Waals surface area contributed by atoms with E-state index < -0.39 is 0 Å². The molecule has 0 aliphatic rings. The van der Waals surface area contributed by atoms with Crippen LogP contribution in [0.3, 0.4) is 0 Å². The fourth-order valence-electron chi connectivity index (χ4n) is 2.38. The summed E-state index contributed by atoms with van der Waals surface area (Å²) in [6, 6.07) is 9.31. The van der Waals surface area contributed by atoms with Crippen LogP contribution in [-0.2, 0) is 0 Å². The first-order valence-electron chi connectivity index (χ1n) is 7.14. The SMILES string of the molecule is O=C(Nc1ccc2nc(-c3ccncc3)[nH]c2c1)c1cscc1Cl. The first kappa shape index (κ1) is 14.9. The minimum absolute atomic E-state index is 0.227. The molecule has 118 valence electrons. The Balaban J connectivity index is 1.64. The summed E-state index contributed by atoms with van der Waals surface area (Å²) >= 11 is 7.39. The van der Waals surface area contributed by atoms with E-state index in [0.717, 1.165) is 22.4 Å². The zero-order chi connectivity index (χ0) is 16.5. The summed E-state index contributed by atoms with van der Waals surface area (Å²) in [5.41, 5.74) is 3.78. The third kappa shape index (κ3) is 2.77. The van der Waals surface area contributed by atoms with Crippen LogP contribution < -0.4 is 5.32 Å².